The van der Waals surface area contributed by atoms with Crippen molar-refractivity contribution in [2.75, 3.05) is 20.0 Å². The van der Waals surface area contributed by atoms with Crippen molar-refractivity contribution in [1.82, 2.24) is 14.7 Å². The molecule has 8 nitrogen and oxygen atoms in total. The fraction of sp³-hybridized carbons (Fsp3) is 0.364. The molecule has 1 rings (SSSR count). The van der Waals surface area contributed by atoms with Gasteiger partial charge >= 0.3 is 5.91 Å². The third-order valence-electron chi connectivity index (χ3n) is 2.15. The van der Waals surface area contributed by atoms with E-state index in [1.807, 2.05) is 4.72 Å². The van der Waals surface area contributed by atoms with Crippen LogP contribution in [0.1, 0.15) is 17.5 Å². The number of carbonyl (C=O) groups is 1. The molecule has 1 heterocycles. The molecule has 21 heavy (non-hydrogen) atoms. The molecular formula is C11H14ClN3O5S. The van der Waals surface area contributed by atoms with Crippen LogP contribution in [-0.4, -0.2) is 44.3 Å². The zero-order valence-electron chi connectivity index (χ0n) is 11.6. The highest BCUT2D eigenvalue weighted by atomic mass is 35.5. The van der Waals surface area contributed by atoms with Crippen LogP contribution in [0.3, 0.4) is 0 Å². The van der Waals surface area contributed by atoms with Crippen molar-refractivity contribution in [2.45, 2.75) is 6.92 Å². The molecule has 0 spiro atoms. The Labute approximate surface area is 127 Å². The van der Waals surface area contributed by atoms with Crippen LogP contribution < -0.4 is 14.2 Å². The Morgan fingerprint density at radius 2 is 1.86 bits per heavy atom. The number of aromatic nitrogens is 2. The Bertz CT molecular complexity index is 638. The Kier molecular flexibility index (Phi) is 5.91. The van der Waals surface area contributed by atoms with Crippen LogP contribution in [0.2, 0.25) is 0 Å². The van der Waals surface area contributed by atoms with E-state index in [0.29, 0.717) is 5.57 Å². The molecule has 0 atom stereocenters. The highest BCUT2D eigenvalue weighted by molar-refractivity contribution is 7.90. The number of halogens is 1. The number of hydrogen-bond donors (Lipinski definition) is 1. The molecule has 0 aromatic carbocycles. The maximum absolute atomic E-state index is 11.9. The number of carbonyl (C=O) groups excluding carboxylic acids is 1. The second-order valence-corrected chi connectivity index (χ2v) is 5.86. The first kappa shape index (κ1) is 17.2. The lowest BCUT2D eigenvalue weighted by molar-refractivity contribution is 0.0969. The largest absolute Gasteiger partial charge is 0.481 e. The topological polar surface area (TPSA) is 107 Å². The van der Waals surface area contributed by atoms with Gasteiger partial charge in [0.25, 0.3) is 0 Å². The van der Waals surface area contributed by atoms with Crippen molar-refractivity contribution in [2.24, 2.45) is 0 Å². The summed E-state index contributed by atoms with van der Waals surface area (Å²) in [6, 6.07) is 1.35. The highest BCUT2D eigenvalue weighted by Crippen LogP contribution is 2.14. The average Bonchev–Trinajstić information content (AvgIpc) is 2.45. The number of sulfonamides is 1. The molecule has 0 bridgehead atoms. The van der Waals surface area contributed by atoms with Gasteiger partial charge in [0.2, 0.25) is 27.6 Å². The molecule has 0 aliphatic heterocycles. The van der Waals surface area contributed by atoms with Gasteiger partial charge in [0, 0.05) is 5.54 Å². The van der Waals surface area contributed by atoms with E-state index >= 15 is 0 Å². The molecule has 0 saturated carbocycles. The SMILES string of the molecule is COc1cc(OC)nc(C(=O)NS(=O)(=O)C/C(C)=C\Cl)n1. The molecular weight excluding hydrogens is 322 g/mol. The number of hydrogen-bond acceptors (Lipinski definition) is 7. The summed E-state index contributed by atoms with van der Waals surface area (Å²) in [6.45, 7) is 1.52. The summed E-state index contributed by atoms with van der Waals surface area (Å²) < 4.78 is 35.1. The van der Waals surface area contributed by atoms with Gasteiger partial charge in [0.15, 0.2) is 0 Å². The van der Waals surface area contributed by atoms with Crippen LogP contribution in [-0.2, 0) is 10.0 Å². The number of nitrogens with one attached hydrogen (secondary N) is 1. The van der Waals surface area contributed by atoms with E-state index < -0.39 is 21.7 Å². The van der Waals surface area contributed by atoms with E-state index in [4.69, 9.17) is 21.1 Å². The van der Waals surface area contributed by atoms with E-state index in [0.717, 1.165) is 5.54 Å². The van der Waals surface area contributed by atoms with Crippen LogP contribution in [0.4, 0.5) is 0 Å². The number of methoxy groups -OCH3 is 2. The van der Waals surface area contributed by atoms with Gasteiger partial charge in [-0.3, -0.25) is 4.79 Å². The average molecular weight is 336 g/mol. The predicted octanol–water partition coefficient (Wildman–Crippen LogP) is 0.696. The standard InChI is InChI=1S/C11H14ClN3O5S/c1-7(5-12)6-21(17,18)15-11(16)10-13-8(19-2)4-9(14-10)20-3/h4-5H,6H2,1-3H3,(H,15,16)/b7-5-. The Hall–Kier alpha value is -1.87. The zero-order valence-corrected chi connectivity index (χ0v) is 13.2. The fourth-order valence-corrected chi connectivity index (χ4v) is 2.57. The van der Waals surface area contributed by atoms with Crippen molar-refractivity contribution in [3.05, 3.63) is 23.0 Å². The summed E-state index contributed by atoms with van der Waals surface area (Å²) in [5.74, 6) is -1.65. The first-order chi connectivity index (χ1) is 9.81. The Morgan fingerprint density at radius 1 is 1.33 bits per heavy atom. The van der Waals surface area contributed by atoms with Crippen molar-refractivity contribution < 1.29 is 22.7 Å². The molecule has 0 fully saturated rings. The van der Waals surface area contributed by atoms with Gasteiger partial charge < -0.3 is 9.47 Å². The summed E-state index contributed by atoms with van der Waals surface area (Å²) in [6.07, 6.45) is 0. The monoisotopic (exact) mass is 335 g/mol. The minimum Gasteiger partial charge on any atom is -0.481 e. The Balaban J connectivity index is 2.99. The van der Waals surface area contributed by atoms with Crippen molar-refractivity contribution >= 4 is 27.5 Å². The van der Waals surface area contributed by atoms with Crippen LogP contribution >= 0.6 is 11.6 Å². The van der Waals surface area contributed by atoms with E-state index in [-0.39, 0.29) is 17.6 Å². The predicted molar refractivity (Wildman–Crippen MR) is 76.0 cm³/mol. The number of amides is 1. The van der Waals surface area contributed by atoms with Crippen molar-refractivity contribution in [3.8, 4) is 11.8 Å². The molecule has 1 amide bonds. The third-order valence-corrected chi connectivity index (χ3v) is 3.86. The quantitative estimate of drug-likeness (QED) is 0.815. The van der Waals surface area contributed by atoms with Gasteiger partial charge in [0.05, 0.1) is 26.0 Å². The van der Waals surface area contributed by atoms with Gasteiger partial charge in [-0.15, -0.1) is 0 Å². The van der Waals surface area contributed by atoms with Crippen LogP contribution in [0.5, 0.6) is 11.8 Å². The fourth-order valence-electron chi connectivity index (χ4n) is 1.27. The van der Waals surface area contributed by atoms with E-state index in [2.05, 4.69) is 9.97 Å². The summed E-state index contributed by atoms with van der Waals surface area (Å²) in [5.41, 5.74) is 1.50. The molecule has 0 aliphatic rings. The molecule has 10 heteroatoms. The van der Waals surface area contributed by atoms with Gasteiger partial charge in [-0.25, -0.2) is 13.1 Å². The third kappa shape index (κ3) is 5.20. The first-order valence-electron chi connectivity index (χ1n) is 5.59. The second kappa shape index (κ2) is 7.23. The first-order valence-corrected chi connectivity index (χ1v) is 7.68. The summed E-state index contributed by atoms with van der Waals surface area (Å²) in [5, 5.41) is 0. The van der Waals surface area contributed by atoms with Gasteiger partial charge in [0.1, 0.15) is 0 Å². The number of rotatable bonds is 6. The van der Waals surface area contributed by atoms with Crippen LogP contribution in [0, 0.1) is 0 Å². The zero-order chi connectivity index (χ0) is 16.0. The summed E-state index contributed by atoms with van der Waals surface area (Å²) >= 11 is 5.39. The second-order valence-electron chi connectivity index (χ2n) is 3.92. The van der Waals surface area contributed by atoms with E-state index in [1.54, 1.807) is 0 Å². The minimum absolute atomic E-state index is 0.0706. The van der Waals surface area contributed by atoms with E-state index in [9.17, 15) is 13.2 Å². The highest BCUT2D eigenvalue weighted by Gasteiger charge is 2.20. The molecule has 1 aromatic rings. The molecule has 0 radical (unpaired) electrons. The van der Waals surface area contributed by atoms with Crippen molar-refractivity contribution in [3.63, 3.8) is 0 Å². The lowest BCUT2D eigenvalue weighted by Crippen LogP contribution is -2.34. The molecule has 0 aliphatic carbocycles. The molecule has 0 unspecified atom stereocenters. The maximum atomic E-state index is 11.9. The summed E-state index contributed by atoms with van der Waals surface area (Å²) in [7, 11) is -1.21. The van der Waals surface area contributed by atoms with Gasteiger partial charge in [-0.05, 0) is 12.5 Å². The lowest BCUT2D eigenvalue weighted by atomic mass is 10.4. The van der Waals surface area contributed by atoms with E-state index in [1.165, 1.54) is 27.2 Å². The Morgan fingerprint density at radius 3 is 2.29 bits per heavy atom. The molecule has 1 aromatic heterocycles. The van der Waals surface area contributed by atoms with Gasteiger partial charge in [-0.1, -0.05) is 11.6 Å². The number of nitrogens with zero attached hydrogens (tertiary/aromatic N) is 2. The van der Waals surface area contributed by atoms with Crippen LogP contribution in [0.15, 0.2) is 17.2 Å². The molecule has 116 valence electrons. The normalized spacial score (nSPS) is 11.9. The molecule has 1 N–H and O–H groups in total. The minimum atomic E-state index is -3.89. The summed E-state index contributed by atoms with van der Waals surface area (Å²) in [4.78, 5) is 19.4. The van der Waals surface area contributed by atoms with Crippen LogP contribution in [0.25, 0.3) is 0 Å². The maximum Gasteiger partial charge on any atom is 0.302 e. The molecule has 0 saturated heterocycles. The lowest BCUT2D eigenvalue weighted by Gasteiger charge is -2.08. The smallest absolute Gasteiger partial charge is 0.302 e. The van der Waals surface area contributed by atoms with Gasteiger partial charge in [-0.2, -0.15) is 9.97 Å². The number of ether oxygens (including phenoxy) is 2. The van der Waals surface area contributed by atoms with Crippen molar-refractivity contribution in [1.29, 1.82) is 0 Å².